The predicted molar refractivity (Wildman–Crippen MR) is 120 cm³/mol. The van der Waals surface area contributed by atoms with E-state index in [0.717, 1.165) is 43.1 Å². The van der Waals surface area contributed by atoms with Crippen LogP contribution in [0.15, 0.2) is 11.1 Å². The fourth-order valence-corrected chi connectivity index (χ4v) is 9.80. The Morgan fingerprint density at radius 2 is 1.77 bits per heavy atom. The second kappa shape index (κ2) is 7.06. The molecule has 5 fully saturated rings. The molecule has 6 rings (SSSR count). The van der Waals surface area contributed by atoms with Gasteiger partial charge in [-0.2, -0.15) is 0 Å². The Morgan fingerprint density at radius 1 is 0.933 bits per heavy atom. The Bertz CT molecular complexity index is 732. The maximum atomic E-state index is 11.4. The third-order valence-electron chi connectivity index (χ3n) is 11.4. The topological polar surface area (TPSA) is 43.7 Å². The van der Waals surface area contributed by atoms with E-state index >= 15 is 0 Å². The van der Waals surface area contributed by atoms with Gasteiger partial charge in [0, 0.05) is 19.1 Å². The van der Waals surface area contributed by atoms with Crippen LogP contribution in [-0.2, 0) is 0 Å². The summed E-state index contributed by atoms with van der Waals surface area (Å²) in [5, 5.41) is 21.7. The number of hydrogen-bond donors (Lipinski definition) is 2. The van der Waals surface area contributed by atoms with Crippen LogP contribution in [0.4, 0.5) is 0 Å². The van der Waals surface area contributed by atoms with Gasteiger partial charge in [-0.15, -0.1) is 0 Å². The van der Waals surface area contributed by atoms with Gasteiger partial charge in [-0.25, -0.2) is 0 Å². The van der Waals surface area contributed by atoms with Crippen molar-refractivity contribution >= 4 is 0 Å². The summed E-state index contributed by atoms with van der Waals surface area (Å²) in [6.07, 6.45) is 10.4. The van der Waals surface area contributed by atoms with Crippen molar-refractivity contribution in [1.29, 1.82) is 0 Å². The standard InChI is InChI=1S/C27H43NO2/c1-15-4-7-24-16(2)20-12-25(30)26-19-6-5-17-10-18(29)8-9-27(17,3)23(19)11-21(26)22(20)14-28(24)13-15/h15-18,20-25,29-30H,4-14H2,1-3H3/t15-,16-,17+,18-,20+,21-,22+,23+,24-,25-,27+/m1/s1. The zero-order valence-corrected chi connectivity index (χ0v) is 19.4. The molecule has 0 aromatic heterocycles. The minimum Gasteiger partial charge on any atom is -0.393 e. The van der Waals surface area contributed by atoms with Crippen LogP contribution in [0.2, 0.25) is 0 Å². The molecule has 0 aromatic rings. The highest BCUT2D eigenvalue weighted by molar-refractivity contribution is 5.36. The molecule has 2 aliphatic heterocycles. The van der Waals surface area contributed by atoms with Crippen molar-refractivity contribution in [1.82, 2.24) is 4.90 Å². The van der Waals surface area contributed by atoms with Gasteiger partial charge in [0.1, 0.15) is 0 Å². The maximum Gasteiger partial charge on any atom is 0.0758 e. The third kappa shape index (κ3) is 2.80. The van der Waals surface area contributed by atoms with Crippen LogP contribution in [0.1, 0.15) is 78.6 Å². The maximum absolute atomic E-state index is 11.4. The zero-order valence-electron chi connectivity index (χ0n) is 19.4. The van der Waals surface area contributed by atoms with Crippen molar-refractivity contribution in [2.45, 2.75) is 96.8 Å². The molecule has 0 bridgehead atoms. The first-order valence-corrected chi connectivity index (χ1v) is 13.2. The van der Waals surface area contributed by atoms with Crippen LogP contribution < -0.4 is 0 Å². The predicted octanol–water partition coefficient (Wildman–Crippen LogP) is 4.63. The Kier molecular flexibility index (Phi) is 4.76. The van der Waals surface area contributed by atoms with Gasteiger partial charge < -0.3 is 10.2 Å². The summed E-state index contributed by atoms with van der Waals surface area (Å²) in [4.78, 5) is 2.86. The largest absolute Gasteiger partial charge is 0.393 e. The molecular formula is C27H43NO2. The van der Waals surface area contributed by atoms with Crippen molar-refractivity contribution in [3.8, 4) is 0 Å². The summed E-state index contributed by atoms with van der Waals surface area (Å²) < 4.78 is 0. The Hall–Kier alpha value is -0.380. The molecule has 30 heavy (non-hydrogen) atoms. The number of nitrogens with zero attached hydrogens (tertiary/aromatic N) is 1. The summed E-state index contributed by atoms with van der Waals surface area (Å²) >= 11 is 0. The third-order valence-corrected chi connectivity index (χ3v) is 11.4. The average molecular weight is 414 g/mol. The van der Waals surface area contributed by atoms with E-state index in [4.69, 9.17) is 0 Å². The first-order valence-electron chi connectivity index (χ1n) is 13.2. The van der Waals surface area contributed by atoms with E-state index in [0.29, 0.717) is 29.1 Å². The van der Waals surface area contributed by atoms with Crippen molar-refractivity contribution in [2.24, 2.45) is 46.8 Å². The molecule has 0 radical (unpaired) electrons. The number of rotatable bonds is 0. The van der Waals surface area contributed by atoms with Crippen LogP contribution in [0, 0.1) is 46.8 Å². The molecule has 3 saturated carbocycles. The quantitative estimate of drug-likeness (QED) is 0.569. The first-order chi connectivity index (χ1) is 14.4. The lowest BCUT2D eigenvalue weighted by Gasteiger charge is -2.56. The molecule has 4 aliphatic carbocycles. The average Bonchev–Trinajstić information content (AvgIpc) is 3.12. The fourth-order valence-electron chi connectivity index (χ4n) is 9.80. The van der Waals surface area contributed by atoms with Crippen molar-refractivity contribution in [2.75, 3.05) is 13.1 Å². The van der Waals surface area contributed by atoms with Crippen LogP contribution in [0.25, 0.3) is 0 Å². The lowest BCUT2D eigenvalue weighted by molar-refractivity contribution is -0.0706. The smallest absolute Gasteiger partial charge is 0.0758 e. The van der Waals surface area contributed by atoms with Crippen LogP contribution in [0.5, 0.6) is 0 Å². The van der Waals surface area contributed by atoms with Gasteiger partial charge in [-0.3, -0.25) is 4.90 Å². The lowest BCUT2D eigenvalue weighted by atomic mass is 9.54. The van der Waals surface area contributed by atoms with Gasteiger partial charge in [0.15, 0.2) is 0 Å². The molecule has 2 saturated heterocycles. The molecule has 0 spiro atoms. The normalized spacial score (nSPS) is 55.9. The minimum atomic E-state index is -0.179. The summed E-state index contributed by atoms with van der Waals surface area (Å²) in [5.41, 5.74) is 3.56. The number of aliphatic hydroxyl groups is 2. The van der Waals surface area contributed by atoms with Gasteiger partial charge in [0.25, 0.3) is 0 Å². The Morgan fingerprint density at radius 3 is 2.60 bits per heavy atom. The highest BCUT2D eigenvalue weighted by Crippen LogP contribution is 2.64. The van der Waals surface area contributed by atoms with Crippen molar-refractivity contribution in [3.05, 3.63) is 11.1 Å². The van der Waals surface area contributed by atoms with Crippen molar-refractivity contribution < 1.29 is 10.2 Å². The fraction of sp³-hybridized carbons (Fsp3) is 0.926. The zero-order chi connectivity index (χ0) is 20.8. The Balaban J connectivity index is 1.32. The van der Waals surface area contributed by atoms with Gasteiger partial charge in [-0.05, 0) is 110 Å². The molecule has 168 valence electrons. The second-order valence-corrected chi connectivity index (χ2v) is 12.7. The lowest BCUT2D eigenvalue weighted by Crippen LogP contribution is -2.59. The SMILES string of the molecule is C[C@@H]1CC[C@@H]2[C@H](C)[C@@H]3C[C@@H](O)C4=C5CC[C@H]6C[C@H](O)CC[C@]6(C)[C@H]5C[C@@H]4[C@H]3CN2C1. The molecule has 0 aromatic carbocycles. The Labute approximate surface area is 183 Å². The van der Waals surface area contributed by atoms with Gasteiger partial charge >= 0.3 is 0 Å². The molecule has 0 unspecified atom stereocenters. The van der Waals surface area contributed by atoms with E-state index in [2.05, 4.69) is 25.7 Å². The monoisotopic (exact) mass is 413 g/mol. The van der Waals surface area contributed by atoms with E-state index < -0.39 is 0 Å². The second-order valence-electron chi connectivity index (χ2n) is 12.7. The van der Waals surface area contributed by atoms with Gasteiger partial charge in [-0.1, -0.05) is 26.3 Å². The summed E-state index contributed by atoms with van der Waals surface area (Å²) in [7, 11) is 0. The molecule has 11 atom stereocenters. The number of aliphatic hydroxyl groups excluding tert-OH is 2. The van der Waals surface area contributed by atoms with Crippen molar-refractivity contribution in [3.63, 3.8) is 0 Å². The van der Waals surface area contributed by atoms with Crippen LogP contribution >= 0.6 is 0 Å². The van der Waals surface area contributed by atoms with E-state index in [1.165, 1.54) is 57.2 Å². The van der Waals surface area contributed by atoms with E-state index in [1.54, 1.807) is 5.57 Å². The highest BCUT2D eigenvalue weighted by Gasteiger charge is 2.58. The van der Waals surface area contributed by atoms with E-state index in [9.17, 15) is 10.2 Å². The first kappa shape index (κ1) is 20.2. The number of fused-ring (bicyclic) bond motifs is 7. The van der Waals surface area contributed by atoms with Crippen LogP contribution in [0.3, 0.4) is 0 Å². The molecule has 2 heterocycles. The summed E-state index contributed by atoms with van der Waals surface area (Å²) in [5.74, 6) is 5.02. The number of allylic oxidation sites excluding steroid dienone is 1. The van der Waals surface area contributed by atoms with Gasteiger partial charge in [0.05, 0.1) is 12.2 Å². The summed E-state index contributed by atoms with van der Waals surface area (Å²) in [6.45, 7) is 10.1. The number of hydrogen-bond acceptors (Lipinski definition) is 3. The van der Waals surface area contributed by atoms with E-state index in [1.807, 2.05) is 0 Å². The number of piperidine rings is 2. The molecule has 0 amide bonds. The van der Waals surface area contributed by atoms with E-state index in [-0.39, 0.29) is 12.2 Å². The highest BCUT2D eigenvalue weighted by atomic mass is 16.3. The molecule has 3 nitrogen and oxygen atoms in total. The summed E-state index contributed by atoms with van der Waals surface area (Å²) in [6, 6.07) is 0.759. The molecule has 6 aliphatic rings. The minimum absolute atomic E-state index is 0.0758. The molecular weight excluding hydrogens is 370 g/mol. The van der Waals surface area contributed by atoms with Gasteiger partial charge in [0.2, 0.25) is 0 Å². The molecule has 3 heteroatoms. The van der Waals surface area contributed by atoms with Crippen LogP contribution in [-0.4, -0.2) is 46.5 Å². The molecule has 2 N–H and O–H groups in total.